The van der Waals surface area contributed by atoms with E-state index in [9.17, 15) is 4.79 Å². The Kier molecular flexibility index (Phi) is 3.60. The monoisotopic (exact) mass is 250 g/mol. The number of hydrogen-bond acceptors (Lipinski definition) is 2. The summed E-state index contributed by atoms with van der Waals surface area (Å²) in [4.78, 5) is 11.5. The first kappa shape index (κ1) is 12.5. The Bertz CT molecular complexity index is 312. The third kappa shape index (κ3) is 2.42. The van der Waals surface area contributed by atoms with Gasteiger partial charge in [0.1, 0.15) is 0 Å². The van der Waals surface area contributed by atoms with Crippen LogP contribution in [-0.4, -0.2) is 24.5 Å². The van der Waals surface area contributed by atoms with Crippen molar-refractivity contribution in [1.82, 2.24) is 10.6 Å². The lowest BCUT2D eigenvalue weighted by atomic mass is 9.87. The third-order valence-corrected chi connectivity index (χ3v) is 5.44. The lowest BCUT2D eigenvalue weighted by Crippen LogP contribution is -2.37. The minimum Gasteiger partial charge on any atom is -0.353 e. The van der Waals surface area contributed by atoms with Crippen LogP contribution in [-0.2, 0) is 4.79 Å². The van der Waals surface area contributed by atoms with Gasteiger partial charge in [-0.1, -0.05) is 26.2 Å². The molecule has 2 saturated carbocycles. The van der Waals surface area contributed by atoms with Crippen molar-refractivity contribution in [2.75, 3.05) is 6.54 Å². The van der Waals surface area contributed by atoms with Gasteiger partial charge in [0.05, 0.1) is 0 Å². The standard InChI is InChI=1S/C15H26N2O/c1-10-7-14-12(8-15(18)17-14)13(10)9-16-11-5-3-2-4-6-11/h10-14,16H,2-9H2,1H3,(H,17,18)/t10-,12-,13+,14+/m0/s1. The highest BCUT2D eigenvalue weighted by Gasteiger charge is 2.46. The second kappa shape index (κ2) is 5.20. The Morgan fingerprint density at radius 2 is 2.06 bits per heavy atom. The Balaban J connectivity index is 1.53. The van der Waals surface area contributed by atoms with Crippen molar-refractivity contribution in [3.8, 4) is 0 Å². The molecule has 0 aromatic carbocycles. The number of carbonyl (C=O) groups is 1. The minimum atomic E-state index is 0.277. The molecule has 1 aliphatic heterocycles. The summed E-state index contributed by atoms with van der Waals surface area (Å²) in [6.45, 7) is 3.49. The molecule has 3 fully saturated rings. The molecule has 0 bridgehead atoms. The van der Waals surface area contributed by atoms with E-state index in [0.717, 1.165) is 24.9 Å². The quantitative estimate of drug-likeness (QED) is 0.805. The fourth-order valence-corrected chi connectivity index (χ4v) is 4.37. The van der Waals surface area contributed by atoms with Crippen LogP contribution >= 0.6 is 0 Å². The van der Waals surface area contributed by atoms with Crippen molar-refractivity contribution in [2.24, 2.45) is 17.8 Å². The van der Waals surface area contributed by atoms with E-state index in [-0.39, 0.29) is 5.91 Å². The molecule has 1 heterocycles. The van der Waals surface area contributed by atoms with E-state index in [1.54, 1.807) is 0 Å². The van der Waals surface area contributed by atoms with Gasteiger partial charge in [-0.2, -0.15) is 0 Å². The van der Waals surface area contributed by atoms with Gasteiger partial charge in [0, 0.05) is 18.5 Å². The SMILES string of the molecule is C[C@H]1C[C@H]2NC(=O)C[C@H]2[C@@H]1CNC1CCCCC1. The van der Waals surface area contributed by atoms with Gasteiger partial charge < -0.3 is 10.6 Å². The van der Waals surface area contributed by atoms with Crippen LogP contribution in [0.4, 0.5) is 0 Å². The highest BCUT2D eigenvalue weighted by atomic mass is 16.2. The van der Waals surface area contributed by atoms with E-state index >= 15 is 0 Å². The summed E-state index contributed by atoms with van der Waals surface area (Å²) in [5.41, 5.74) is 0. The van der Waals surface area contributed by atoms with Crippen molar-refractivity contribution >= 4 is 5.91 Å². The van der Waals surface area contributed by atoms with Crippen LogP contribution in [0.1, 0.15) is 51.9 Å². The van der Waals surface area contributed by atoms with Crippen LogP contribution < -0.4 is 10.6 Å². The first-order chi connectivity index (χ1) is 8.74. The van der Waals surface area contributed by atoms with Crippen molar-refractivity contribution in [3.63, 3.8) is 0 Å². The van der Waals surface area contributed by atoms with Crippen LogP contribution in [0.2, 0.25) is 0 Å². The molecule has 3 rings (SSSR count). The smallest absolute Gasteiger partial charge is 0.220 e. The second-order valence-corrected chi connectivity index (χ2v) is 6.66. The molecule has 0 radical (unpaired) electrons. The molecule has 2 aliphatic carbocycles. The van der Waals surface area contributed by atoms with E-state index in [1.807, 2.05) is 0 Å². The maximum Gasteiger partial charge on any atom is 0.220 e. The second-order valence-electron chi connectivity index (χ2n) is 6.66. The van der Waals surface area contributed by atoms with Gasteiger partial charge in [-0.3, -0.25) is 4.79 Å². The number of hydrogen-bond donors (Lipinski definition) is 2. The largest absolute Gasteiger partial charge is 0.353 e. The average Bonchev–Trinajstić information content (AvgIpc) is 2.84. The summed E-state index contributed by atoms with van der Waals surface area (Å²) in [6, 6.07) is 1.22. The van der Waals surface area contributed by atoms with Crippen molar-refractivity contribution in [3.05, 3.63) is 0 Å². The van der Waals surface area contributed by atoms with Gasteiger partial charge in [0.25, 0.3) is 0 Å². The van der Waals surface area contributed by atoms with Gasteiger partial charge >= 0.3 is 0 Å². The molecule has 3 aliphatic rings. The van der Waals surface area contributed by atoms with Crippen LogP contribution in [0.3, 0.4) is 0 Å². The average molecular weight is 250 g/mol. The van der Waals surface area contributed by atoms with Gasteiger partial charge in [-0.25, -0.2) is 0 Å². The van der Waals surface area contributed by atoms with E-state index in [4.69, 9.17) is 0 Å². The highest BCUT2D eigenvalue weighted by Crippen LogP contribution is 2.41. The molecule has 0 spiro atoms. The van der Waals surface area contributed by atoms with Crippen LogP contribution in [0.25, 0.3) is 0 Å². The van der Waals surface area contributed by atoms with Crippen molar-refractivity contribution in [2.45, 2.75) is 64.0 Å². The molecule has 102 valence electrons. The fraction of sp³-hybridized carbons (Fsp3) is 0.933. The van der Waals surface area contributed by atoms with Gasteiger partial charge in [0.15, 0.2) is 0 Å². The van der Waals surface area contributed by atoms with E-state index in [1.165, 1.54) is 38.5 Å². The Labute approximate surface area is 110 Å². The summed E-state index contributed by atoms with van der Waals surface area (Å²) in [7, 11) is 0. The van der Waals surface area contributed by atoms with Crippen molar-refractivity contribution < 1.29 is 4.79 Å². The van der Waals surface area contributed by atoms with Crippen LogP contribution in [0.5, 0.6) is 0 Å². The summed E-state index contributed by atoms with van der Waals surface area (Å²) in [5.74, 6) is 2.34. The van der Waals surface area contributed by atoms with Crippen molar-refractivity contribution in [1.29, 1.82) is 0 Å². The number of amides is 1. The zero-order chi connectivity index (χ0) is 12.5. The zero-order valence-electron chi connectivity index (χ0n) is 11.5. The highest BCUT2D eigenvalue weighted by molar-refractivity contribution is 5.79. The summed E-state index contributed by atoms with van der Waals surface area (Å²) in [5, 5.41) is 6.93. The fourth-order valence-electron chi connectivity index (χ4n) is 4.37. The molecular weight excluding hydrogens is 224 g/mol. The van der Waals surface area contributed by atoms with E-state index in [0.29, 0.717) is 17.9 Å². The predicted molar refractivity (Wildman–Crippen MR) is 72.2 cm³/mol. The zero-order valence-corrected chi connectivity index (χ0v) is 11.5. The molecule has 18 heavy (non-hydrogen) atoms. The maximum atomic E-state index is 11.5. The lowest BCUT2D eigenvalue weighted by molar-refractivity contribution is -0.119. The third-order valence-electron chi connectivity index (χ3n) is 5.44. The topological polar surface area (TPSA) is 41.1 Å². The molecule has 0 aromatic heterocycles. The normalized spacial score (nSPS) is 40.8. The molecule has 1 saturated heterocycles. The van der Waals surface area contributed by atoms with Crippen LogP contribution in [0.15, 0.2) is 0 Å². The number of fused-ring (bicyclic) bond motifs is 1. The number of rotatable bonds is 3. The van der Waals surface area contributed by atoms with E-state index in [2.05, 4.69) is 17.6 Å². The summed E-state index contributed by atoms with van der Waals surface area (Å²) < 4.78 is 0. The van der Waals surface area contributed by atoms with Gasteiger partial charge in [0.2, 0.25) is 5.91 Å². The Hall–Kier alpha value is -0.570. The van der Waals surface area contributed by atoms with Gasteiger partial charge in [-0.05, 0) is 43.6 Å². The Morgan fingerprint density at radius 3 is 2.83 bits per heavy atom. The molecule has 0 unspecified atom stereocenters. The molecule has 3 nitrogen and oxygen atoms in total. The summed E-state index contributed by atoms with van der Waals surface area (Å²) >= 11 is 0. The number of carbonyl (C=O) groups excluding carboxylic acids is 1. The molecule has 3 heteroatoms. The lowest BCUT2D eigenvalue weighted by Gasteiger charge is -2.27. The molecule has 0 aromatic rings. The minimum absolute atomic E-state index is 0.277. The maximum absolute atomic E-state index is 11.5. The van der Waals surface area contributed by atoms with E-state index < -0.39 is 0 Å². The molecular formula is C15H26N2O. The number of nitrogens with one attached hydrogen (secondary N) is 2. The first-order valence-corrected chi connectivity index (χ1v) is 7.77. The first-order valence-electron chi connectivity index (χ1n) is 7.77. The molecule has 4 atom stereocenters. The van der Waals surface area contributed by atoms with Gasteiger partial charge in [-0.15, -0.1) is 0 Å². The Morgan fingerprint density at radius 1 is 1.28 bits per heavy atom. The molecule has 1 amide bonds. The summed E-state index contributed by atoms with van der Waals surface area (Å²) in [6.07, 6.45) is 8.87. The molecule has 2 N–H and O–H groups in total. The predicted octanol–water partition coefficient (Wildman–Crippen LogP) is 2.07. The van der Waals surface area contributed by atoms with Crippen LogP contribution in [0, 0.1) is 17.8 Å².